The maximum absolute atomic E-state index is 13.4. The quantitative estimate of drug-likeness (QED) is 0.244. The van der Waals surface area contributed by atoms with Crippen LogP contribution in [0.1, 0.15) is 0 Å². The highest BCUT2D eigenvalue weighted by molar-refractivity contribution is 8.00. The van der Waals surface area contributed by atoms with Crippen LogP contribution in [-0.4, -0.2) is 19.3 Å². The Balaban J connectivity index is 1.91. The minimum absolute atomic E-state index is 0.0574. The zero-order valence-electron chi connectivity index (χ0n) is 15.4. The van der Waals surface area contributed by atoms with E-state index in [0.717, 1.165) is 11.8 Å². The molecule has 0 fully saturated rings. The van der Waals surface area contributed by atoms with Crippen molar-refractivity contribution in [3.05, 3.63) is 89.0 Å². The van der Waals surface area contributed by atoms with Gasteiger partial charge in [0, 0.05) is 32.7 Å². The van der Waals surface area contributed by atoms with Crippen molar-refractivity contribution in [3.8, 4) is 11.5 Å². The van der Waals surface area contributed by atoms with E-state index in [9.17, 15) is 24.5 Å². The van der Waals surface area contributed by atoms with Gasteiger partial charge in [0.15, 0.2) is 0 Å². The Morgan fingerprint density at radius 3 is 1.97 bits per heavy atom. The van der Waals surface area contributed by atoms with Gasteiger partial charge >= 0.3 is 0 Å². The molecule has 0 aliphatic carbocycles. The number of fused-ring (bicyclic) bond motifs is 1. The minimum atomic E-state index is -1.76. The van der Waals surface area contributed by atoms with Gasteiger partial charge in [-0.3, -0.25) is 10.1 Å². The number of benzene rings is 4. The van der Waals surface area contributed by atoms with Gasteiger partial charge in [-0.05, 0) is 24.3 Å². The highest BCUT2D eigenvalue weighted by Gasteiger charge is 2.25. The van der Waals surface area contributed by atoms with Crippen LogP contribution in [0.15, 0.2) is 98.4 Å². The zero-order chi connectivity index (χ0) is 21.3. The summed E-state index contributed by atoms with van der Waals surface area (Å²) in [4.78, 5) is 11.8. The van der Waals surface area contributed by atoms with E-state index < -0.39 is 15.7 Å². The van der Waals surface area contributed by atoms with Crippen LogP contribution in [0.4, 0.5) is 5.69 Å². The van der Waals surface area contributed by atoms with Crippen LogP contribution in [0.3, 0.4) is 0 Å². The number of non-ortho nitro benzene ring substituents is 1. The summed E-state index contributed by atoms with van der Waals surface area (Å²) < 4.78 is 13.4. The second-order valence-electron chi connectivity index (χ2n) is 6.34. The Kier molecular flexibility index (Phi) is 5.43. The molecule has 4 rings (SSSR count). The average Bonchev–Trinajstić information content (AvgIpc) is 2.78. The monoisotopic (exact) mass is 437 g/mol. The van der Waals surface area contributed by atoms with Gasteiger partial charge in [-0.1, -0.05) is 54.2 Å². The first-order chi connectivity index (χ1) is 14.5. The molecular weight excluding hydrogens is 422 g/mol. The first-order valence-electron chi connectivity index (χ1n) is 8.83. The number of phenols is 2. The van der Waals surface area contributed by atoms with Gasteiger partial charge in [-0.25, -0.2) is 4.21 Å². The number of nitro groups is 1. The summed E-state index contributed by atoms with van der Waals surface area (Å²) >= 11 is 1.09. The van der Waals surface area contributed by atoms with Crippen LogP contribution in [0.5, 0.6) is 11.5 Å². The van der Waals surface area contributed by atoms with Gasteiger partial charge in [0.05, 0.1) is 20.6 Å². The molecule has 4 aromatic rings. The number of aromatic hydroxyl groups is 2. The number of nitrogens with zero attached hydrogens (tertiary/aromatic N) is 1. The molecule has 0 bridgehead atoms. The molecule has 0 aliphatic rings. The third kappa shape index (κ3) is 3.62. The highest BCUT2D eigenvalue weighted by Crippen LogP contribution is 2.49. The normalized spacial score (nSPS) is 12.0. The van der Waals surface area contributed by atoms with Crippen molar-refractivity contribution in [2.45, 2.75) is 19.6 Å². The molecule has 0 radical (unpaired) electrons. The van der Waals surface area contributed by atoms with Gasteiger partial charge in [0.25, 0.3) is 5.69 Å². The van der Waals surface area contributed by atoms with E-state index in [-0.39, 0.29) is 27.0 Å². The van der Waals surface area contributed by atoms with Crippen molar-refractivity contribution < 1.29 is 19.3 Å². The second kappa shape index (κ2) is 8.17. The van der Waals surface area contributed by atoms with E-state index in [1.54, 1.807) is 66.7 Å². The van der Waals surface area contributed by atoms with Crippen molar-refractivity contribution in [3.63, 3.8) is 0 Å². The fraction of sp³-hybridized carbons (Fsp3) is 0. The zero-order valence-corrected chi connectivity index (χ0v) is 17.0. The summed E-state index contributed by atoms with van der Waals surface area (Å²) in [5.74, 6) is -0.277. The first kappa shape index (κ1) is 19.9. The van der Waals surface area contributed by atoms with Crippen molar-refractivity contribution in [1.29, 1.82) is 0 Å². The van der Waals surface area contributed by atoms with Crippen molar-refractivity contribution in [2.24, 2.45) is 0 Å². The van der Waals surface area contributed by atoms with Gasteiger partial charge in [-0.15, -0.1) is 0 Å². The van der Waals surface area contributed by atoms with E-state index in [1.165, 1.54) is 12.1 Å². The Morgan fingerprint density at radius 1 is 0.800 bits per heavy atom. The van der Waals surface area contributed by atoms with E-state index >= 15 is 0 Å². The molecule has 150 valence electrons. The van der Waals surface area contributed by atoms with Crippen LogP contribution >= 0.6 is 11.8 Å². The van der Waals surface area contributed by atoms with Gasteiger partial charge in [-0.2, -0.15) is 0 Å². The predicted molar refractivity (Wildman–Crippen MR) is 116 cm³/mol. The van der Waals surface area contributed by atoms with Crippen LogP contribution in [0, 0.1) is 10.1 Å². The lowest BCUT2D eigenvalue weighted by atomic mass is 10.1. The van der Waals surface area contributed by atoms with E-state index in [2.05, 4.69) is 0 Å². The van der Waals surface area contributed by atoms with Crippen LogP contribution in [0.2, 0.25) is 0 Å². The molecule has 0 heterocycles. The van der Waals surface area contributed by atoms with Gasteiger partial charge in [0.1, 0.15) is 16.4 Å². The largest absolute Gasteiger partial charge is 0.506 e. The van der Waals surface area contributed by atoms with Crippen molar-refractivity contribution in [2.75, 3.05) is 0 Å². The fourth-order valence-electron chi connectivity index (χ4n) is 3.04. The number of phenolic OH excluding ortho intramolecular Hbond substituents is 2. The summed E-state index contributed by atoms with van der Waals surface area (Å²) in [7, 11) is -1.76. The van der Waals surface area contributed by atoms with Crippen LogP contribution in [-0.2, 0) is 10.8 Å². The van der Waals surface area contributed by atoms with Crippen molar-refractivity contribution >= 4 is 39.0 Å². The summed E-state index contributed by atoms with van der Waals surface area (Å²) in [6.45, 7) is 0. The molecule has 0 saturated heterocycles. The third-order valence-electron chi connectivity index (χ3n) is 4.48. The summed E-state index contributed by atoms with van der Waals surface area (Å²) in [6.07, 6.45) is 0. The molecule has 0 spiro atoms. The maximum Gasteiger partial charge on any atom is 0.269 e. The number of nitro benzene ring substituents is 1. The SMILES string of the molecule is O=[N+]([O-])c1ccc(Sc2c(S(=O)c3ccccc3)c(O)c3ccccc3c2O)cc1. The maximum atomic E-state index is 13.4. The summed E-state index contributed by atoms with van der Waals surface area (Å²) in [6, 6.07) is 21.2. The first-order valence-corrected chi connectivity index (χ1v) is 10.8. The summed E-state index contributed by atoms with van der Waals surface area (Å²) in [5.41, 5.74) is -0.0574. The third-order valence-corrected chi connectivity index (χ3v) is 7.19. The molecule has 2 N–H and O–H groups in total. The Morgan fingerprint density at radius 2 is 1.37 bits per heavy atom. The Labute approximate surface area is 178 Å². The smallest absolute Gasteiger partial charge is 0.269 e. The molecule has 0 aromatic heterocycles. The van der Waals surface area contributed by atoms with E-state index in [4.69, 9.17) is 0 Å². The fourth-order valence-corrected chi connectivity index (χ4v) is 5.48. The van der Waals surface area contributed by atoms with Crippen molar-refractivity contribution in [1.82, 2.24) is 0 Å². The minimum Gasteiger partial charge on any atom is -0.506 e. The van der Waals surface area contributed by atoms with E-state index in [0.29, 0.717) is 20.6 Å². The molecule has 0 saturated carbocycles. The molecule has 8 heteroatoms. The standard InChI is InChI=1S/C22H15NO5S2/c24-19-17-8-4-5-9-18(17)20(25)22(30(28)16-6-2-1-3-7-16)21(19)29-15-12-10-14(11-13-15)23(26)27/h1-13,24-25H. The Hall–Kier alpha value is -3.36. The molecule has 0 aliphatic heterocycles. The number of hydrogen-bond acceptors (Lipinski definition) is 6. The predicted octanol–water partition coefficient (Wildman–Crippen LogP) is 5.48. The van der Waals surface area contributed by atoms with Gasteiger partial charge in [0.2, 0.25) is 0 Å². The Bertz CT molecular complexity index is 1270. The van der Waals surface area contributed by atoms with Crippen LogP contribution in [0.25, 0.3) is 10.8 Å². The molecule has 0 amide bonds. The molecule has 6 nitrogen and oxygen atoms in total. The average molecular weight is 437 g/mol. The number of hydrogen-bond donors (Lipinski definition) is 2. The molecule has 1 atom stereocenters. The molecule has 1 unspecified atom stereocenters. The summed E-state index contributed by atoms with van der Waals surface area (Å²) in [5, 5.41) is 33.7. The van der Waals surface area contributed by atoms with Gasteiger partial charge < -0.3 is 10.2 Å². The molecular formula is C22H15NO5S2. The lowest BCUT2D eigenvalue weighted by Gasteiger charge is -2.16. The second-order valence-corrected chi connectivity index (χ2v) is 8.84. The molecule has 30 heavy (non-hydrogen) atoms. The van der Waals surface area contributed by atoms with Crippen LogP contribution < -0.4 is 0 Å². The lowest BCUT2D eigenvalue weighted by molar-refractivity contribution is -0.384. The highest BCUT2D eigenvalue weighted by atomic mass is 32.2. The lowest BCUT2D eigenvalue weighted by Crippen LogP contribution is -1.98. The van der Waals surface area contributed by atoms with E-state index in [1.807, 2.05) is 0 Å². The molecule has 4 aromatic carbocycles. The topological polar surface area (TPSA) is 101 Å². The number of rotatable bonds is 5.